The molecule has 146 valence electrons. The highest BCUT2D eigenvalue weighted by Gasteiger charge is 2.39. The fraction of sp³-hybridized carbons (Fsp3) is 0.333. The maximum Gasteiger partial charge on any atom is 0.0205 e. The average molecular weight is 372 g/mol. The normalized spacial score (nSPS) is 17.9. The molecule has 0 saturated heterocycles. The number of hydrogen-bond acceptors (Lipinski definition) is 1. The summed E-state index contributed by atoms with van der Waals surface area (Å²) in [6.07, 6.45) is 3.28. The maximum atomic E-state index is 4.44. The second kappa shape index (κ2) is 9.21. The van der Waals surface area contributed by atoms with Crippen LogP contribution in [0.5, 0.6) is 0 Å². The number of rotatable bonds is 6. The topological polar surface area (TPSA) is 12.0 Å². The number of hydrogen-bond donors (Lipinski definition) is 1. The van der Waals surface area contributed by atoms with Crippen molar-refractivity contribution in [1.82, 2.24) is 5.32 Å². The predicted octanol–water partition coefficient (Wildman–Crippen LogP) is 6.81. The van der Waals surface area contributed by atoms with Gasteiger partial charge in [-0.25, -0.2) is 0 Å². The molecule has 1 heteroatoms. The van der Waals surface area contributed by atoms with Crippen molar-refractivity contribution >= 4 is 10.8 Å². The first-order valence-electron chi connectivity index (χ1n) is 10.7. The van der Waals surface area contributed by atoms with E-state index in [2.05, 4.69) is 85.5 Å². The number of allylic oxidation sites excluding steroid dienone is 1. The zero-order valence-electron chi connectivity index (χ0n) is 17.6. The van der Waals surface area contributed by atoms with Crippen LogP contribution in [0.25, 0.3) is 10.8 Å². The third-order valence-electron chi connectivity index (χ3n) is 6.09. The monoisotopic (exact) mass is 371 g/mol. The molecule has 1 N–H and O–H groups in total. The van der Waals surface area contributed by atoms with Crippen LogP contribution >= 0.6 is 0 Å². The summed E-state index contributed by atoms with van der Waals surface area (Å²) < 4.78 is 0. The lowest BCUT2D eigenvalue weighted by Crippen LogP contribution is -2.29. The van der Waals surface area contributed by atoms with E-state index in [9.17, 15) is 0 Å². The van der Waals surface area contributed by atoms with Crippen LogP contribution in [0.2, 0.25) is 0 Å². The highest BCUT2D eigenvalue weighted by molar-refractivity contribution is 5.82. The molecule has 0 fully saturated rings. The molecule has 1 unspecified atom stereocenters. The van der Waals surface area contributed by atoms with Gasteiger partial charge in [0.1, 0.15) is 0 Å². The van der Waals surface area contributed by atoms with Gasteiger partial charge in [-0.05, 0) is 59.3 Å². The summed E-state index contributed by atoms with van der Waals surface area (Å²) in [5.74, 6) is 0. The molecule has 0 spiro atoms. The summed E-state index contributed by atoms with van der Waals surface area (Å²) in [5, 5.41) is 6.28. The Bertz CT molecular complexity index is 940. The second-order valence-corrected chi connectivity index (χ2v) is 7.48. The van der Waals surface area contributed by atoms with Gasteiger partial charge in [0.15, 0.2) is 0 Å². The SMILES string of the molecule is C=C1Cc2ccccc2C1(CC)CCNCc1ccc2ccccc2c1.CC. The molecular formula is C27H33N. The lowest BCUT2D eigenvalue weighted by Gasteiger charge is -2.31. The summed E-state index contributed by atoms with van der Waals surface area (Å²) in [7, 11) is 0. The van der Waals surface area contributed by atoms with E-state index >= 15 is 0 Å². The Morgan fingerprint density at radius 2 is 1.64 bits per heavy atom. The lowest BCUT2D eigenvalue weighted by molar-refractivity contribution is 0.440. The van der Waals surface area contributed by atoms with Crippen molar-refractivity contribution in [1.29, 1.82) is 0 Å². The van der Waals surface area contributed by atoms with Gasteiger partial charge in [0.25, 0.3) is 0 Å². The van der Waals surface area contributed by atoms with Crippen LogP contribution in [0.4, 0.5) is 0 Å². The quantitative estimate of drug-likeness (QED) is 0.371. The van der Waals surface area contributed by atoms with Crippen molar-refractivity contribution in [3.05, 3.63) is 95.6 Å². The molecule has 3 aromatic carbocycles. The van der Waals surface area contributed by atoms with Gasteiger partial charge in [-0.2, -0.15) is 0 Å². The van der Waals surface area contributed by atoms with E-state index in [4.69, 9.17) is 0 Å². The van der Waals surface area contributed by atoms with Crippen LogP contribution in [0.1, 0.15) is 50.3 Å². The molecule has 1 atom stereocenters. The molecule has 3 aromatic rings. The van der Waals surface area contributed by atoms with E-state index in [1.807, 2.05) is 13.8 Å². The molecule has 0 aliphatic heterocycles. The van der Waals surface area contributed by atoms with Crippen LogP contribution in [0.15, 0.2) is 78.9 Å². The van der Waals surface area contributed by atoms with Crippen LogP contribution in [-0.4, -0.2) is 6.54 Å². The molecule has 1 aliphatic rings. The van der Waals surface area contributed by atoms with Gasteiger partial charge in [0, 0.05) is 12.0 Å². The third kappa shape index (κ3) is 3.91. The van der Waals surface area contributed by atoms with Crippen molar-refractivity contribution in [2.45, 2.75) is 52.0 Å². The highest BCUT2D eigenvalue weighted by Crippen LogP contribution is 2.46. The molecule has 0 bridgehead atoms. The summed E-state index contributed by atoms with van der Waals surface area (Å²) >= 11 is 0. The number of nitrogens with one attached hydrogen (secondary N) is 1. The Hall–Kier alpha value is -2.38. The molecule has 1 aliphatic carbocycles. The predicted molar refractivity (Wildman–Crippen MR) is 123 cm³/mol. The van der Waals surface area contributed by atoms with Crippen LogP contribution in [0, 0.1) is 0 Å². The largest absolute Gasteiger partial charge is 0.313 e. The Labute approximate surface area is 170 Å². The van der Waals surface area contributed by atoms with E-state index in [-0.39, 0.29) is 5.41 Å². The van der Waals surface area contributed by atoms with Crippen LogP contribution < -0.4 is 5.32 Å². The van der Waals surface area contributed by atoms with Crippen molar-refractivity contribution < 1.29 is 0 Å². The lowest BCUT2D eigenvalue weighted by atomic mass is 9.74. The summed E-state index contributed by atoms with van der Waals surface area (Å²) in [6.45, 7) is 12.7. The molecule has 0 heterocycles. The fourth-order valence-electron chi connectivity index (χ4n) is 4.54. The molecular weight excluding hydrogens is 338 g/mol. The fourth-order valence-corrected chi connectivity index (χ4v) is 4.54. The van der Waals surface area contributed by atoms with E-state index in [0.717, 1.165) is 32.4 Å². The zero-order chi connectivity index (χ0) is 20.0. The van der Waals surface area contributed by atoms with Crippen molar-refractivity contribution in [2.24, 2.45) is 0 Å². The maximum absolute atomic E-state index is 4.44. The molecule has 0 aromatic heterocycles. The molecule has 0 amide bonds. The van der Waals surface area contributed by atoms with Gasteiger partial charge in [-0.15, -0.1) is 0 Å². The Kier molecular flexibility index (Phi) is 6.70. The summed E-state index contributed by atoms with van der Waals surface area (Å²) in [5.41, 5.74) is 5.84. The van der Waals surface area contributed by atoms with E-state index in [1.54, 1.807) is 0 Å². The number of fused-ring (bicyclic) bond motifs is 2. The minimum absolute atomic E-state index is 0.146. The molecule has 28 heavy (non-hydrogen) atoms. The van der Waals surface area contributed by atoms with E-state index < -0.39 is 0 Å². The Morgan fingerprint density at radius 1 is 0.929 bits per heavy atom. The highest BCUT2D eigenvalue weighted by atomic mass is 14.8. The van der Waals surface area contributed by atoms with Crippen molar-refractivity contribution in [2.75, 3.05) is 6.54 Å². The van der Waals surface area contributed by atoms with Crippen LogP contribution in [0.3, 0.4) is 0 Å². The van der Waals surface area contributed by atoms with Gasteiger partial charge < -0.3 is 5.32 Å². The minimum Gasteiger partial charge on any atom is -0.313 e. The zero-order valence-corrected chi connectivity index (χ0v) is 17.6. The minimum atomic E-state index is 0.146. The van der Waals surface area contributed by atoms with Crippen molar-refractivity contribution in [3.63, 3.8) is 0 Å². The van der Waals surface area contributed by atoms with Gasteiger partial charge >= 0.3 is 0 Å². The van der Waals surface area contributed by atoms with Crippen LogP contribution in [-0.2, 0) is 18.4 Å². The Balaban J connectivity index is 0.00000109. The third-order valence-corrected chi connectivity index (χ3v) is 6.09. The Morgan fingerprint density at radius 3 is 2.43 bits per heavy atom. The van der Waals surface area contributed by atoms with Gasteiger partial charge in [0.2, 0.25) is 0 Å². The smallest absolute Gasteiger partial charge is 0.0205 e. The molecule has 1 nitrogen and oxygen atoms in total. The molecule has 4 rings (SSSR count). The molecule has 0 radical (unpaired) electrons. The summed E-state index contributed by atoms with van der Waals surface area (Å²) in [6, 6.07) is 24.2. The first-order valence-corrected chi connectivity index (χ1v) is 10.7. The number of benzene rings is 3. The first-order chi connectivity index (χ1) is 13.7. The average Bonchev–Trinajstić information content (AvgIpc) is 3.04. The second-order valence-electron chi connectivity index (χ2n) is 7.48. The van der Waals surface area contributed by atoms with Gasteiger partial charge in [-0.3, -0.25) is 0 Å². The van der Waals surface area contributed by atoms with Gasteiger partial charge in [-0.1, -0.05) is 93.6 Å². The standard InChI is InChI=1S/C25H27N.C2H6/c1-3-25(19(2)16-23-10-6-7-11-24(23)25)14-15-26-18-20-12-13-21-8-4-5-9-22(21)17-20;1-2/h4-13,17,26H,2-3,14-16,18H2,1H3;1-2H3. The van der Waals surface area contributed by atoms with Crippen molar-refractivity contribution in [3.8, 4) is 0 Å². The summed E-state index contributed by atoms with van der Waals surface area (Å²) in [4.78, 5) is 0. The van der Waals surface area contributed by atoms with E-state index in [0.29, 0.717) is 0 Å². The van der Waals surface area contributed by atoms with E-state index in [1.165, 1.54) is 33.0 Å². The first kappa shape index (κ1) is 20.4. The van der Waals surface area contributed by atoms with Gasteiger partial charge in [0.05, 0.1) is 0 Å². The molecule has 0 saturated carbocycles.